The zero-order chi connectivity index (χ0) is 30.2. The van der Waals surface area contributed by atoms with Crippen molar-refractivity contribution >= 4 is 0 Å². The molecule has 0 aromatic carbocycles. The van der Waals surface area contributed by atoms with E-state index in [1.165, 1.54) is 91.6 Å². The second-order valence-corrected chi connectivity index (χ2v) is 14.9. The summed E-state index contributed by atoms with van der Waals surface area (Å²) in [6.45, 7) is 11.0. The van der Waals surface area contributed by atoms with Crippen LogP contribution in [0.15, 0.2) is 69.1 Å². The SMILES string of the molecule is C=C(/C=C\CCC1Cc2c(oc3c2CCc2c-3oc3c2CC(C2=CC(C4C=CCCC4)CCC2)CC3)CC1C)C(C)/C=C\C. The van der Waals surface area contributed by atoms with E-state index in [4.69, 9.17) is 8.83 Å². The van der Waals surface area contributed by atoms with Crippen molar-refractivity contribution in [3.8, 4) is 11.5 Å². The molecule has 0 saturated heterocycles. The van der Waals surface area contributed by atoms with Gasteiger partial charge in [0.05, 0.1) is 0 Å². The molecule has 2 aromatic heterocycles. The molecule has 7 rings (SSSR count). The van der Waals surface area contributed by atoms with Crippen LogP contribution in [-0.2, 0) is 38.5 Å². The van der Waals surface area contributed by atoms with Gasteiger partial charge in [0.2, 0.25) is 0 Å². The smallest absolute Gasteiger partial charge is 0.173 e. The van der Waals surface area contributed by atoms with Gasteiger partial charge in [0.1, 0.15) is 11.5 Å². The molecule has 0 spiro atoms. The molecular formula is C42H54O2. The van der Waals surface area contributed by atoms with E-state index in [9.17, 15) is 0 Å². The Morgan fingerprint density at radius 1 is 0.909 bits per heavy atom. The molecule has 0 bridgehead atoms. The molecule has 0 radical (unpaired) electrons. The number of rotatable bonds is 8. The van der Waals surface area contributed by atoms with Gasteiger partial charge in [0, 0.05) is 24.0 Å². The van der Waals surface area contributed by atoms with E-state index in [1.807, 2.05) is 0 Å². The highest BCUT2D eigenvalue weighted by Crippen LogP contribution is 2.49. The van der Waals surface area contributed by atoms with Gasteiger partial charge in [-0.05, 0) is 143 Å². The van der Waals surface area contributed by atoms with Crippen LogP contribution in [0.1, 0.15) is 112 Å². The maximum Gasteiger partial charge on any atom is 0.173 e. The zero-order valence-corrected chi connectivity index (χ0v) is 27.6. The lowest BCUT2D eigenvalue weighted by Crippen LogP contribution is -2.23. The highest BCUT2D eigenvalue weighted by atomic mass is 16.4. The fourth-order valence-corrected chi connectivity index (χ4v) is 9.34. The lowest BCUT2D eigenvalue weighted by Gasteiger charge is -2.33. The lowest BCUT2D eigenvalue weighted by molar-refractivity contribution is 0.290. The Bertz CT molecular complexity index is 1480. The summed E-state index contributed by atoms with van der Waals surface area (Å²) in [4.78, 5) is 0. The van der Waals surface area contributed by atoms with Crippen molar-refractivity contribution in [3.05, 3.63) is 94.0 Å². The maximum absolute atomic E-state index is 6.74. The van der Waals surface area contributed by atoms with Crippen molar-refractivity contribution < 1.29 is 8.83 Å². The molecule has 2 aromatic rings. The maximum atomic E-state index is 6.74. The molecule has 0 amide bonds. The van der Waals surface area contributed by atoms with Crippen molar-refractivity contribution in [2.45, 2.75) is 117 Å². The third-order valence-electron chi connectivity index (χ3n) is 12.1. The van der Waals surface area contributed by atoms with Gasteiger partial charge < -0.3 is 8.83 Å². The van der Waals surface area contributed by atoms with Crippen LogP contribution in [0.4, 0.5) is 0 Å². The molecule has 2 nitrogen and oxygen atoms in total. The molecule has 2 heterocycles. The van der Waals surface area contributed by atoms with Crippen LogP contribution in [0, 0.1) is 35.5 Å². The van der Waals surface area contributed by atoms with Gasteiger partial charge in [-0.1, -0.05) is 68.5 Å². The van der Waals surface area contributed by atoms with Crippen molar-refractivity contribution in [2.24, 2.45) is 35.5 Å². The first-order valence-electron chi connectivity index (χ1n) is 18.1. The van der Waals surface area contributed by atoms with E-state index >= 15 is 0 Å². The summed E-state index contributed by atoms with van der Waals surface area (Å²) in [5.41, 5.74) is 8.97. The number of allylic oxidation sites excluding steroid dienone is 9. The Morgan fingerprint density at radius 3 is 2.45 bits per heavy atom. The minimum atomic E-state index is 0.411. The van der Waals surface area contributed by atoms with Crippen LogP contribution in [0.2, 0.25) is 0 Å². The minimum Gasteiger partial charge on any atom is -0.457 e. The highest BCUT2D eigenvalue weighted by Gasteiger charge is 2.38. The van der Waals surface area contributed by atoms with Crippen LogP contribution in [-0.4, -0.2) is 0 Å². The normalized spacial score (nSPS) is 28.8. The summed E-state index contributed by atoms with van der Waals surface area (Å²) in [5, 5.41) is 0. The molecule has 0 fully saturated rings. The van der Waals surface area contributed by atoms with Crippen molar-refractivity contribution in [1.29, 1.82) is 0 Å². The number of furan rings is 2. The van der Waals surface area contributed by atoms with Gasteiger partial charge in [0.25, 0.3) is 0 Å². The molecule has 6 unspecified atom stereocenters. The van der Waals surface area contributed by atoms with Crippen LogP contribution in [0.25, 0.3) is 11.5 Å². The van der Waals surface area contributed by atoms with E-state index in [-0.39, 0.29) is 0 Å². The Hall–Kier alpha value is -2.74. The predicted molar refractivity (Wildman–Crippen MR) is 183 cm³/mol. The fraction of sp³-hybridized carbons (Fsp3) is 0.571. The fourth-order valence-electron chi connectivity index (χ4n) is 9.34. The second kappa shape index (κ2) is 12.9. The predicted octanol–water partition coefficient (Wildman–Crippen LogP) is 11.3. The topological polar surface area (TPSA) is 26.3 Å². The van der Waals surface area contributed by atoms with E-state index in [2.05, 4.69) is 69.9 Å². The van der Waals surface area contributed by atoms with Gasteiger partial charge in [-0.15, -0.1) is 0 Å². The van der Waals surface area contributed by atoms with Crippen LogP contribution >= 0.6 is 0 Å². The number of hydrogen-bond donors (Lipinski definition) is 0. The summed E-state index contributed by atoms with van der Waals surface area (Å²) in [5.74, 6) is 8.70. The lowest BCUT2D eigenvalue weighted by atomic mass is 9.72. The summed E-state index contributed by atoms with van der Waals surface area (Å²) in [6.07, 6.45) is 35.0. The van der Waals surface area contributed by atoms with E-state index in [1.54, 1.807) is 11.1 Å². The molecule has 5 aliphatic rings. The van der Waals surface area contributed by atoms with E-state index in [0.717, 1.165) is 61.9 Å². The standard InChI is InChI=1S/C42H54O2/c1-5-12-27(2)28(3)13-9-10-16-31-25-38-36-21-20-35-37-26-34(33-18-11-17-32(24-33)30-14-7-6-8-15-30)19-22-39(37)43-41(35)42(36)44-40(38)23-29(31)4/h5,7,9,12-14,24,27,29-32,34H,3,6,8,10-11,15-23,25-26H2,1-2,4H3/b12-5-,13-9-. The number of fused-ring (bicyclic) bond motifs is 7. The van der Waals surface area contributed by atoms with Crippen LogP contribution in [0.3, 0.4) is 0 Å². The van der Waals surface area contributed by atoms with E-state index < -0.39 is 0 Å². The summed E-state index contributed by atoms with van der Waals surface area (Å²) < 4.78 is 13.5. The number of aryl methyl sites for hydroxylation is 1. The van der Waals surface area contributed by atoms with Gasteiger partial charge >= 0.3 is 0 Å². The Kier molecular flexibility index (Phi) is 8.80. The van der Waals surface area contributed by atoms with Crippen LogP contribution in [0.5, 0.6) is 0 Å². The Labute approximate surface area is 266 Å². The molecule has 0 saturated carbocycles. The Morgan fingerprint density at radius 2 is 1.68 bits per heavy atom. The third kappa shape index (κ3) is 5.83. The average molecular weight is 591 g/mol. The summed E-state index contributed by atoms with van der Waals surface area (Å²) >= 11 is 0. The summed E-state index contributed by atoms with van der Waals surface area (Å²) in [6, 6.07) is 0. The zero-order valence-electron chi connectivity index (χ0n) is 27.6. The molecule has 234 valence electrons. The van der Waals surface area contributed by atoms with Crippen molar-refractivity contribution in [2.75, 3.05) is 0 Å². The van der Waals surface area contributed by atoms with Crippen LogP contribution < -0.4 is 0 Å². The van der Waals surface area contributed by atoms with Gasteiger partial charge in [-0.25, -0.2) is 0 Å². The Balaban J connectivity index is 1.05. The van der Waals surface area contributed by atoms with Gasteiger partial charge in [-0.3, -0.25) is 0 Å². The monoisotopic (exact) mass is 590 g/mol. The average Bonchev–Trinajstić information content (AvgIpc) is 3.61. The van der Waals surface area contributed by atoms with Gasteiger partial charge in [0.15, 0.2) is 11.5 Å². The van der Waals surface area contributed by atoms with Crippen molar-refractivity contribution in [1.82, 2.24) is 0 Å². The molecule has 2 heteroatoms. The van der Waals surface area contributed by atoms with Crippen molar-refractivity contribution in [3.63, 3.8) is 0 Å². The molecule has 5 aliphatic carbocycles. The molecule has 0 aliphatic heterocycles. The first kappa shape index (κ1) is 29.9. The first-order chi connectivity index (χ1) is 21.5. The number of hydrogen-bond acceptors (Lipinski definition) is 2. The second-order valence-electron chi connectivity index (χ2n) is 14.9. The minimum absolute atomic E-state index is 0.411. The first-order valence-corrected chi connectivity index (χ1v) is 18.1. The third-order valence-corrected chi connectivity index (χ3v) is 12.1. The molecular weight excluding hydrogens is 536 g/mol. The quantitative estimate of drug-likeness (QED) is 0.226. The van der Waals surface area contributed by atoms with E-state index in [0.29, 0.717) is 23.7 Å². The van der Waals surface area contributed by atoms with Gasteiger partial charge in [-0.2, -0.15) is 0 Å². The molecule has 44 heavy (non-hydrogen) atoms. The largest absolute Gasteiger partial charge is 0.457 e. The molecule has 0 N–H and O–H groups in total. The summed E-state index contributed by atoms with van der Waals surface area (Å²) in [7, 11) is 0. The molecule has 6 atom stereocenters. The highest BCUT2D eigenvalue weighted by molar-refractivity contribution is 5.68.